The summed E-state index contributed by atoms with van der Waals surface area (Å²) in [5.41, 5.74) is 0.994. The summed E-state index contributed by atoms with van der Waals surface area (Å²) in [5, 5.41) is 16.4. The Bertz CT molecular complexity index is 764. The van der Waals surface area contributed by atoms with Crippen LogP contribution in [0.25, 0.3) is 0 Å². The van der Waals surface area contributed by atoms with Gasteiger partial charge in [-0.1, -0.05) is 47.2 Å². The normalized spacial score (nSPS) is 11.6. The van der Waals surface area contributed by atoms with Gasteiger partial charge in [-0.15, -0.1) is 5.10 Å². The van der Waals surface area contributed by atoms with Gasteiger partial charge in [-0.3, -0.25) is 19.7 Å². The molecule has 9 nitrogen and oxygen atoms in total. The van der Waals surface area contributed by atoms with E-state index in [1.54, 1.807) is 0 Å². The predicted molar refractivity (Wildman–Crippen MR) is 97.3 cm³/mol. The first-order valence-corrected chi connectivity index (χ1v) is 8.93. The van der Waals surface area contributed by atoms with E-state index in [0.29, 0.717) is 12.2 Å². The van der Waals surface area contributed by atoms with Crippen LogP contribution in [0.4, 0.5) is 5.95 Å². The van der Waals surface area contributed by atoms with Crippen molar-refractivity contribution in [2.45, 2.75) is 19.9 Å². The lowest BCUT2D eigenvalue weighted by Crippen LogP contribution is -2.28. The van der Waals surface area contributed by atoms with Crippen LogP contribution in [0.1, 0.15) is 12.5 Å². The number of carbonyl (C=O) groups is 3. The van der Waals surface area contributed by atoms with Crippen molar-refractivity contribution in [1.82, 2.24) is 25.5 Å². The van der Waals surface area contributed by atoms with Gasteiger partial charge in [0, 0.05) is 19.7 Å². The van der Waals surface area contributed by atoms with Crippen molar-refractivity contribution in [3.63, 3.8) is 0 Å². The van der Waals surface area contributed by atoms with Crippen molar-refractivity contribution in [1.29, 1.82) is 0 Å². The van der Waals surface area contributed by atoms with E-state index in [9.17, 15) is 14.4 Å². The van der Waals surface area contributed by atoms with Gasteiger partial charge in [0.15, 0.2) is 5.12 Å². The summed E-state index contributed by atoms with van der Waals surface area (Å²) in [6.07, 6.45) is 0.485. The molecule has 2 amide bonds. The van der Waals surface area contributed by atoms with E-state index in [4.69, 9.17) is 0 Å². The molecule has 0 unspecified atom stereocenters. The zero-order valence-corrected chi connectivity index (χ0v) is 15.3. The highest BCUT2D eigenvalue weighted by molar-refractivity contribution is 8.13. The Balaban J connectivity index is 2.03. The van der Waals surface area contributed by atoms with E-state index in [2.05, 4.69) is 26.0 Å². The topological polar surface area (TPSA) is 119 Å². The Morgan fingerprint density at radius 1 is 1.23 bits per heavy atom. The Kier molecular flexibility index (Phi) is 7.27. The SMILES string of the molecule is CNC(=O)Cn1nnc(NC(=O)[C@@H](CSC(C)=O)Cc2ccccc2)n1. The number of nitrogens with zero attached hydrogens (tertiary/aromatic N) is 4. The monoisotopic (exact) mass is 376 g/mol. The molecule has 1 atom stereocenters. The molecular formula is C16H20N6O3S. The molecule has 2 N–H and O–H groups in total. The largest absolute Gasteiger partial charge is 0.358 e. The number of hydrogen-bond donors (Lipinski definition) is 2. The number of benzene rings is 1. The molecule has 1 aromatic carbocycles. The van der Waals surface area contributed by atoms with Crippen molar-refractivity contribution in [2.75, 3.05) is 18.1 Å². The molecule has 2 aromatic rings. The Morgan fingerprint density at radius 2 is 1.96 bits per heavy atom. The van der Waals surface area contributed by atoms with Gasteiger partial charge in [0.1, 0.15) is 6.54 Å². The summed E-state index contributed by atoms with van der Waals surface area (Å²) in [7, 11) is 1.50. The number of likely N-dealkylation sites (N-methyl/N-ethyl adjacent to an activating group) is 1. The molecule has 26 heavy (non-hydrogen) atoms. The number of hydrogen-bond acceptors (Lipinski definition) is 7. The maximum atomic E-state index is 12.6. The maximum absolute atomic E-state index is 12.6. The number of tetrazole rings is 1. The quantitative estimate of drug-likeness (QED) is 0.688. The van der Waals surface area contributed by atoms with Crippen LogP contribution in [0.2, 0.25) is 0 Å². The second-order valence-corrected chi connectivity index (χ2v) is 6.69. The first-order chi connectivity index (χ1) is 12.5. The zero-order chi connectivity index (χ0) is 18.9. The molecule has 0 aliphatic heterocycles. The van der Waals surface area contributed by atoms with E-state index >= 15 is 0 Å². The number of rotatable bonds is 8. The predicted octanol–water partition coefficient (Wildman–Crippen LogP) is 0.496. The molecule has 0 aliphatic rings. The fourth-order valence-corrected chi connectivity index (χ4v) is 2.83. The molecule has 0 aliphatic carbocycles. The van der Waals surface area contributed by atoms with Crippen LogP contribution in [0.3, 0.4) is 0 Å². The maximum Gasteiger partial charge on any atom is 0.270 e. The van der Waals surface area contributed by atoms with E-state index < -0.39 is 5.92 Å². The molecule has 0 spiro atoms. The fraction of sp³-hybridized carbons (Fsp3) is 0.375. The fourth-order valence-electron chi connectivity index (χ4n) is 2.12. The Labute approximate surface area is 154 Å². The number of nitrogens with one attached hydrogen (secondary N) is 2. The van der Waals surface area contributed by atoms with Crippen molar-refractivity contribution in [2.24, 2.45) is 5.92 Å². The van der Waals surface area contributed by atoms with E-state index in [1.807, 2.05) is 30.3 Å². The smallest absolute Gasteiger partial charge is 0.270 e. The number of carbonyl (C=O) groups excluding carboxylic acids is 3. The minimum Gasteiger partial charge on any atom is -0.358 e. The summed E-state index contributed by atoms with van der Waals surface area (Å²) in [5.74, 6) is -0.647. The minimum absolute atomic E-state index is 0.0183. The third-order valence-electron chi connectivity index (χ3n) is 3.44. The lowest BCUT2D eigenvalue weighted by Gasteiger charge is -2.14. The third kappa shape index (κ3) is 6.28. The summed E-state index contributed by atoms with van der Waals surface area (Å²) in [6, 6.07) is 9.55. The van der Waals surface area contributed by atoms with Crippen LogP contribution < -0.4 is 10.6 Å². The molecule has 2 rings (SSSR count). The van der Waals surface area contributed by atoms with Crippen LogP contribution in [-0.2, 0) is 27.3 Å². The van der Waals surface area contributed by atoms with Crippen molar-refractivity contribution in [3.05, 3.63) is 35.9 Å². The van der Waals surface area contributed by atoms with Gasteiger partial charge < -0.3 is 5.32 Å². The van der Waals surface area contributed by atoms with E-state index in [0.717, 1.165) is 22.1 Å². The molecule has 1 aromatic heterocycles. The van der Waals surface area contributed by atoms with E-state index in [1.165, 1.54) is 14.0 Å². The summed E-state index contributed by atoms with van der Waals surface area (Å²) < 4.78 is 0. The number of thioether (sulfide) groups is 1. The lowest BCUT2D eigenvalue weighted by atomic mass is 10.0. The van der Waals surface area contributed by atoms with Gasteiger partial charge in [0.2, 0.25) is 11.8 Å². The van der Waals surface area contributed by atoms with Gasteiger partial charge in [-0.25, -0.2) is 0 Å². The number of anilines is 1. The Hall–Kier alpha value is -2.75. The van der Waals surface area contributed by atoms with Gasteiger partial charge in [-0.05, 0) is 17.2 Å². The van der Waals surface area contributed by atoms with Crippen LogP contribution in [0.5, 0.6) is 0 Å². The molecule has 0 saturated heterocycles. The van der Waals surface area contributed by atoms with Crippen LogP contribution in [0, 0.1) is 5.92 Å². The van der Waals surface area contributed by atoms with Crippen LogP contribution in [0.15, 0.2) is 30.3 Å². The van der Waals surface area contributed by atoms with Crippen LogP contribution in [-0.4, -0.2) is 49.9 Å². The number of amides is 2. The van der Waals surface area contributed by atoms with Gasteiger partial charge in [0.05, 0.1) is 5.92 Å². The average molecular weight is 376 g/mol. The second-order valence-electron chi connectivity index (χ2n) is 5.50. The first kappa shape index (κ1) is 19.6. The summed E-state index contributed by atoms with van der Waals surface area (Å²) >= 11 is 1.10. The highest BCUT2D eigenvalue weighted by Crippen LogP contribution is 2.17. The van der Waals surface area contributed by atoms with Crippen molar-refractivity contribution in [3.8, 4) is 0 Å². The van der Waals surface area contributed by atoms with Gasteiger partial charge in [0.25, 0.3) is 5.95 Å². The summed E-state index contributed by atoms with van der Waals surface area (Å²) in [4.78, 5) is 36.3. The van der Waals surface area contributed by atoms with Crippen molar-refractivity contribution < 1.29 is 14.4 Å². The molecule has 0 fully saturated rings. The lowest BCUT2D eigenvalue weighted by molar-refractivity contribution is -0.121. The summed E-state index contributed by atoms with van der Waals surface area (Å²) in [6.45, 7) is 1.38. The third-order valence-corrected chi connectivity index (χ3v) is 4.41. The molecule has 0 bridgehead atoms. The second kappa shape index (κ2) is 9.66. The highest BCUT2D eigenvalue weighted by Gasteiger charge is 2.22. The van der Waals surface area contributed by atoms with E-state index in [-0.39, 0.29) is 29.4 Å². The molecule has 10 heteroatoms. The van der Waals surface area contributed by atoms with Crippen LogP contribution >= 0.6 is 11.8 Å². The van der Waals surface area contributed by atoms with Gasteiger partial charge in [-0.2, -0.15) is 4.80 Å². The highest BCUT2D eigenvalue weighted by atomic mass is 32.2. The Morgan fingerprint density at radius 3 is 2.62 bits per heavy atom. The zero-order valence-electron chi connectivity index (χ0n) is 14.5. The van der Waals surface area contributed by atoms with Crippen molar-refractivity contribution >= 4 is 34.6 Å². The molecule has 0 saturated carbocycles. The molecule has 0 radical (unpaired) electrons. The number of aromatic nitrogens is 4. The average Bonchev–Trinajstić information content (AvgIpc) is 3.05. The van der Waals surface area contributed by atoms with Gasteiger partial charge >= 0.3 is 0 Å². The molecule has 138 valence electrons. The standard InChI is InChI=1S/C16H20N6O3S/c1-11(23)26-10-13(8-12-6-4-3-5-7-12)15(25)18-16-19-21-22(20-16)9-14(24)17-2/h3-7,13H,8-10H2,1-2H3,(H,17,24)(H,18,20,25)/t13-/m1/s1. The molecular weight excluding hydrogens is 356 g/mol. The first-order valence-electron chi connectivity index (χ1n) is 7.94. The molecule has 1 heterocycles. The minimum atomic E-state index is -0.433.